The van der Waals surface area contributed by atoms with Gasteiger partial charge in [0.25, 0.3) is 0 Å². The van der Waals surface area contributed by atoms with E-state index in [1.54, 1.807) is 12.3 Å². The Balaban J connectivity index is 2.51. The molecule has 0 saturated carbocycles. The number of benzene rings is 1. The molecule has 0 saturated heterocycles. The van der Waals surface area contributed by atoms with Crippen molar-refractivity contribution in [3.63, 3.8) is 0 Å². The number of carbonyl (C=O) groups is 1. The van der Waals surface area contributed by atoms with Crippen LogP contribution in [0.5, 0.6) is 0 Å². The molecule has 1 aromatic carbocycles. The number of azo groups is 1. The Morgan fingerprint density at radius 2 is 2.23 bits per heavy atom. The van der Waals surface area contributed by atoms with Gasteiger partial charge >= 0.3 is 6.03 Å². The molecule has 2 heterocycles. The van der Waals surface area contributed by atoms with Gasteiger partial charge in [-0.2, -0.15) is 15.2 Å². The summed E-state index contributed by atoms with van der Waals surface area (Å²) in [6.45, 7) is 0. The Hall–Kier alpha value is -2.04. The van der Waals surface area contributed by atoms with Crippen LogP contribution in [0.25, 0.3) is 6.20 Å². The SMILES string of the molecule is O=C1N=c2c(ccc3c2=CN=N3)N1. The second kappa shape index (κ2) is 2.01. The number of carbonyl (C=O) groups excluding carboxylic acids is 1. The molecule has 2 amide bonds. The summed E-state index contributed by atoms with van der Waals surface area (Å²) in [5, 5.41) is 11.7. The Morgan fingerprint density at radius 3 is 3.15 bits per heavy atom. The van der Waals surface area contributed by atoms with Crippen LogP contribution in [-0.4, -0.2) is 6.03 Å². The first-order valence-corrected chi connectivity index (χ1v) is 3.78. The summed E-state index contributed by atoms with van der Waals surface area (Å²) in [6, 6.07) is 3.26. The van der Waals surface area contributed by atoms with Crippen LogP contribution in [0.2, 0.25) is 0 Å². The number of urea groups is 1. The molecule has 2 aliphatic rings. The molecule has 62 valence electrons. The average molecular weight is 172 g/mol. The third-order valence-corrected chi connectivity index (χ3v) is 2.00. The van der Waals surface area contributed by atoms with E-state index in [2.05, 4.69) is 20.5 Å². The number of rotatable bonds is 0. The molecule has 3 rings (SSSR count). The van der Waals surface area contributed by atoms with Crippen molar-refractivity contribution >= 4 is 23.6 Å². The fourth-order valence-corrected chi connectivity index (χ4v) is 1.43. The quantitative estimate of drug-likeness (QED) is 0.614. The van der Waals surface area contributed by atoms with Crippen molar-refractivity contribution in [2.24, 2.45) is 15.2 Å². The van der Waals surface area contributed by atoms with Gasteiger partial charge in [0.2, 0.25) is 0 Å². The highest BCUT2D eigenvalue weighted by Gasteiger charge is 2.14. The van der Waals surface area contributed by atoms with Crippen molar-refractivity contribution in [1.82, 2.24) is 0 Å². The molecule has 0 unspecified atom stereocenters. The molecule has 1 N–H and O–H groups in total. The maximum atomic E-state index is 10.9. The number of fused-ring (bicyclic) bond motifs is 3. The van der Waals surface area contributed by atoms with Crippen LogP contribution >= 0.6 is 0 Å². The zero-order valence-corrected chi connectivity index (χ0v) is 6.48. The van der Waals surface area contributed by atoms with Gasteiger partial charge in [-0.25, -0.2) is 4.79 Å². The summed E-state index contributed by atoms with van der Waals surface area (Å²) in [5.74, 6) is 0. The molecular formula is C8H4N4O. The maximum absolute atomic E-state index is 10.9. The molecule has 5 nitrogen and oxygen atoms in total. The van der Waals surface area contributed by atoms with Gasteiger partial charge in [0.15, 0.2) is 0 Å². The Morgan fingerprint density at radius 1 is 1.31 bits per heavy atom. The van der Waals surface area contributed by atoms with Crippen molar-refractivity contribution in [2.45, 2.75) is 0 Å². The number of anilines is 1. The lowest BCUT2D eigenvalue weighted by Crippen LogP contribution is -2.22. The van der Waals surface area contributed by atoms with Crippen LogP contribution in [-0.2, 0) is 0 Å². The van der Waals surface area contributed by atoms with E-state index in [9.17, 15) is 4.79 Å². The van der Waals surface area contributed by atoms with Crippen LogP contribution < -0.4 is 15.9 Å². The normalized spacial score (nSPS) is 15.8. The number of nitrogens with one attached hydrogen (secondary N) is 1. The summed E-state index contributed by atoms with van der Waals surface area (Å²) < 4.78 is 0. The lowest BCUT2D eigenvalue weighted by Gasteiger charge is -1.93. The van der Waals surface area contributed by atoms with Gasteiger partial charge in [-0.3, -0.25) is 0 Å². The van der Waals surface area contributed by atoms with Gasteiger partial charge in [-0.05, 0) is 12.1 Å². The highest BCUT2D eigenvalue weighted by atomic mass is 16.2. The van der Waals surface area contributed by atoms with Crippen molar-refractivity contribution in [1.29, 1.82) is 0 Å². The Labute approximate surface area is 72.5 Å². The zero-order valence-electron chi connectivity index (χ0n) is 6.48. The molecule has 2 aliphatic heterocycles. The summed E-state index contributed by atoms with van der Waals surface area (Å²) >= 11 is 0. The van der Waals surface area contributed by atoms with Crippen LogP contribution in [0.3, 0.4) is 0 Å². The first kappa shape index (κ1) is 6.47. The molecule has 0 spiro atoms. The van der Waals surface area contributed by atoms with Gasteiger partial charge in [0.05, 0.1) is 22.8 Å². The van der Waals surface area contributed by atoms with E-state index >= 15 is 0 Å². The van der Waals surface area contributed by atoms with Gasteiger partial charge in [-0.1, -0.05) is 0 Å². The smallest absolute Gasteiger partial charge is 0.304 e. The first-order valence-electron chi connectivity index (χ1n) is 3.78. The molecule has 5 heteroatoms. The van der Waals surface area contributed by atoms with Crippen LogP contribution in [0, 0.1) is 0 Å². The van der Waals surface area contributed by atoms with E-state index in [-0.39, 0.29) is 6.03 Å². The molecule has 0 bridgehead atoms. The van der Waals surface area contributed by atoms with E-state index in [1.807, 2.05) is 6.07 Å². The second-order valence-corrected chi connectivity index (χ2v) is 2.78. The molecule has 0 atom stereocenters. The Bertz CT molecular complexity index is 558. The fraction of sp³-hybridized carbons (Fsp3) is 0. The van der Waals surface area contributed by atoms with E-state index in [4.69, 9.17) is 0 Å². The molecule has 0 aromatic heterocycles. The third-order valence-electron chi connectivity index (χ3n) is 2.00. The molecule has 1 aromatic rings. The van der Waals surface area contributed by atoms with Gasteiger partial charge in [-0.15, -0.1) is 0 Å². The molecule has 13 heavy (non-hydrogen) atoms. The maximum Gasteiger partial charge on any atom is 0.346 e. The second-order valence-electron chi connectivity index (χ2n) is 2.78. The predicted octanol–water partition coefficient (Wildman–Crippen LogP) is 0.687. The number of hydrogen-bond donors (Lipinski definition) is 1. The standard InChI is InChI=1S/C8H4N4O/c13-8-10-6-2-1-5-4(3-9-12-5)7(6)11-8/h1-3H,(H,10,11,13). The van der Waals surface area contributed by atoms with Crippen molar-refractivity contribution in [3.05, 3.63) is 22.7 Å². The van der Waals surface area contributed by atoms with Crippen molar-refractivity contribution in [2.75, 3.05) is 5.32 Å². The highest BCUT2D eigenvalue weighted by Crippen LogP contribution is 2.13. The van der Waals surface area contributed by atoms with Crippen LogP contribution in [0.1, 0.15) is 0 Å². The summed E-state index contributed by atoms with van der Waals surface area (Å²) in [4.78, 5) is 14.8. The topological polar surface area (TPSA) is 66.2 Å². The lowest BCUT2D eigenvalue weighted by molar-refractivity contribution is 0.260. The number of amides is 2. The average Bonchev–Trinajstić information content (AvgIpc) is 2.65. The fourth-order valence-electron chi connectivity index (χ4n) is 1.43. The number of hydrogen-bond acceptors (Lipinski definition) is 3. The monoisotopic (exact) mass is 172 g/mol. The minimum absolute atomic E-state index is 0.330. The minimum Gasteiger partial charge on any atom is -0.304 e. The lowest BCUT2D eigenvalue weighted by atomic mass is 10.2. The molecule has 0 radical (unpaired) electrons. The van der Waals surface area contributed by atoms with Gasteiger partial charge in [0, 0.05) is 0 Å². The molecular weight excluding hydrogens is 168 g/mol. The van der Waals surface area contributed by atoms with Crippen molar-refractivity contribution < 1.29 is 4.79 Å². The molecule has 0 fully saturated rings. The van der Waals surface area contributed by atoms with E-state index in [0.717, 1.165) is 16.6 Å². The highest BCUT2D eigenvalue weighted by molar-refractivity contribution is 5.93. The van der Waals surface area contributed by atoms with E-state index in [1.165, 1.54) is 0 Å². The van der Waals surface area contributed by atoms with E-state index in [0.29, 0.717) is 5.36 Å². The third kappa shape index (κ3) is 0.752. The van der Waals surface area contributed by atoms with Gasteiger partial charge in [0.1, 0.15) is 5.36 Å². The summed E-state index contributed by atoms with van der Waals surface area (Å²) in [7, 11) is 0. The van der Waals surface area contributed by atoms with E-state index < -0.39 is 0 Å². The largest absolute Gasteiger partial charge is 0.346 e. The summed E-state index contributed by atoms with van der Waals surface area (Å²) in [5.41, 5.74) is 1.49. The minimum atomic E-state index is -0.330. The predicted molar refractivity (Wildman–Crippen MR) is 45.2 cm³/mol. The summed E-state index contributed by atoms with van der Waals surface area (Å²) in [6.07, 6.45) is 1.61. The van der Waals surface area contributed by atoms with Gasteiger partial charge < -0.3 is 5.32 Å². The first-order chi connectivity index (χ1) is 6.34. The molecule has 0 aliphatic carbocycles. The van der Waals surface area contributed by atoms with Crippen LogP contribution in [0.15, 0.2) is 27.4 Å². The Kier molecular flexibility index (Phi) is 0.999. The van der Waals surface area contributed by atoms with Crippen LogP contribution in [0.4, 0.5) is 16.2 Å². The van der Waals surface area contributed by atoms with Crippen molar-refractivity contribution in [3.8, 4) is 0 Å². The zero-order chi connectivity index (χ0) is 8.84. The number of nitrogens with zero attached hydrogens (tertiary/aromatic N) is 3.